The summed E-state index contributed by atoms with van der Waals surface area (Å²) in [5.74, 6) is -0.337. The van der Waals surface area contributed by atoms with Gasteiger partial charge in [-0.3, -0.25) is 0 Å². The molecule has 1 saturated heterocycles. The minimum atomic E-state index is -3.74. The van der Waals surface area contributed by atoms with Gasteiger partial charge in [0, 0.05) is 13.1 Å². The second-order valence-corrected chi connectivity index (χ2v) is 7.73. The molecule has 0 aromatic heterocycles. The molecule has 2 unspecified atom stereocenters. The zero-order valence-electron chi connectivity index (χ0n) is 12.5. The van der Waals surface area contributed by atoms with Gasteiger partial charge in [0.2, 0.25) is 10.0 Å². The Morgan fingerprint density at radius 1 is 1.29 bits per heavy atom. The van der Waals surface area contributed by atoms with E-state index in [0.29, 0.717) is 13.1 Å². The average molecular weight is 316 g/mol. The molecule has 0 bridgehead atoms. The van der Waals surface area contributed by atoms with Gasteiger partial charge in [-0.05, 0) is 30.4 Å². The number of nitrogens with two attached hydrogens (primary N) is 1. The molecule has 1 aliphatic heterocycles. The van der Waals surface area contributed by atoms with Crippen molar-refractivity contribution in [1.29, 1.82) is 0 Å². The highest BCUT2D eigenvalue weighted by Crippen LogP contribution is 2.32. The topological polar surface area (TPSA) is 72.6 Å². The van der Waals surface area contributed by atoms with E-state index in [0.717, 1.165) is 12.5 Å². The third-order valence-corrected chi connectivity index (χ3v) is 5.53. The van der Waals surface area contributed by atoms with Gasteiger partial charge in [-0.2, -0.15) is 4.31 Å². The third kappa shape index (κ3) is 3.13. The van der Waals surface area contributed by atoms with E-state index in [1.165, 1.54) is 17.5 Å². The second-order valence-electron chi connectivity index (χ2n) is 5.80. The number of hydrogen-bond donors (Lipinski definition) is 1. The first-order valence-electron chi connectivity index (χ1n) is 6.88. The molecule has 0 saturated carbocycles. The van der Waals surface area contributed by atoms with Crippen molar-refractivity contribution < 1.29 is 17.5 Å². The van der Waals surface area contributed by atoms with Crippen LogP contribution in [0.4, 0.5) is 10.1 Å². The van der Waals surface area contributed by atoms with E-state index in [4.69, 9.17) is 10.5 Å². The van der Waals surface area contributed by atoms with Crippen LogP contribution in [0.25, 0.3) is 0 Å². The van der Waals surface area contributed by atoms with E-state index >= 15 is 0 Å². The molecule has 7 heteroatoms. The molecule has 2 N–H and O–H groups in total. The molecular weight excluding hydrogens is 295 g/mol. The molecule has 0 aliphatic carbocycles. The van der Waals surface area contributed by atoms with Gasteiger partial charge in [0.05, 0.1) is 17.7 Å². The zero-order chi connectivity index (χ0) is 15.8. The number of nitrogen functional groups attached to an aromatic ring is 1. The number of benzene rings is 1. The molecule has 1 aromatic carbocycles. The normalized spacial score (nSPS) is 24.0. The van der Waals surface area contributed by atoms with Crippen molar-refractivity contribution in [2.45, 2.75) is 25.2 Å². The monoisotopic (exact) mass is 316 g/mol. The smallest absolute Gasteiger partial charge is 0.243 e. The van der Waals surface area contributed by atoms with E-state index in [9.17, 15) is 12.8 Å². The van der Waals surface area contributed by atoms with E-state index in [1.807, 2.05) is 13.8 Å². The molecule has 2 atom stereocenters. The lowest BCUT2D eigenvalue weighted by atomic mass is 9.94. The maximum atomic E-state index is 13.9. The molecular formula is C14H21FN2O3S. The minimum absolute atomic E-state index is 0.0193. The van der Waals surface area contributed by atoms with E-state index < -0.39 is 15.8 Å². The van der Waals surface area contributed by atoms with E-state index in [-0.39, 0.29) is 28.2 Å². The number of methoxy groups -OCH3 is 1. The Kier molecular flexibility index (Phi) is 4.43. The quantitative estimate of drug-likeness (QED) is 0.867. The minimum Gasteiger partial charge on any atom is -0.492 e. The SMILES string of the molecule is COc1c(N)cc(S(=O)(=O)N2CC(C)CC(C)C2)cc1F. The van der Waals surface area contributed by atoms with Crippen LogP contribution in [0.1, 0.15) is 20.3 Å². The Morgan fingerprint density at radius 2 is 1.86 bits per heavy atom. The van der Waals surface area contributed by atoms with Crippen LogP contribution < -0.4 is 10.5 Å². The fraction of sp³-hybridized carbons (Fsp3) is 0.571. The summed E-state index contributed by atoms with van der Waals surface area (Å²) in [7, 11) is -2.45. The van der Waals surface area contributed by atoms with Gasteiger partial charge in [0.1, 0.15) is 0 Å². The average Bonchev–Trinajstić information content (AvgIpc) is 2.37. The van der Waals surface area contributed by atoms with Crippen LogP contribution in [0.15, 0.2) is 17.0 Å². The molecule has 21 heavy (non-hydrogen) atoms. The predicted molar refractivity (Wildman–Crippen MR) is 79.1 cm³/mol. The van der Waals surface area contributed by atoms with Gasteiger partial charge in [0.25, 0.3) is 0 Å². The fourth-order valence-electron chi connectivity index (χ4n) is 2.90. The molecule has 1 heterocycles. The Hall–Kier alpha value is -1.34. The zero-order valence-corrected chi connectivity index (χ0v) is 13.3. The lowest BCUT2D eigenvalue weighted by Crippen LogP contribution is -2.42. The molecule has 0 radical (unpaired) electrons. The standard InChI is InChI=1S/C14H21FN2O3S/c1-9-4-10(2)8-17(7-9)21(18,19)11-5-12(15)14(20-3)13(16)6-11/h5-6,9-10H,4,7-8,16H2,1-3H3. The third-order valence-electron chi connectivity index (χ3n) is 3.72. The van der Waals surface area contributed by atoms with Crippen LogP contribution in [0, 0.1) is 17.7 Å². The van der Waals surface area contributed by atoms with Crippen LogP contribution in [-0.4, -0.2) is 32.9 Å². The number of ether oxygens (including phenoxy) is 1. The Morgan fingerprint density at radius 3 is 2.33 bits per heavy atom. The molecule has 1 aromatic rings. The largest absolute Gasteiger partial charge is 0.492 e. The summed E-state index contributed by atoms with van der Waals surface area (Å²) in [5, 5.41) is 0. The maximum Gasteiger partial charge on any atom is 0.243 e. The highest BCUT2D eigenvalue weighted by molar-refractivity contribution is 7.89. The van der Waals surface area contributed by atoms with Gasteiger partial charge in [-0.1, -0.05) is 13.8 Å². The first-order chi connectivity index (χ1) is 9.75. The first-order valence-corrected chi connectivity index (χ1v) is 8.32. The summed E-state index contributed by atoms with van der Waals surface area (Å²) in [6.07, 6.45) is 0.991. The molecule has 5 nitrogen and oxygen atoms in total. The van der Waals surface area contributed by atoms with Crippen molar-refractivity contribution >= 4 is 15.7 Å². The number of halogens is 1. The van der Waals surface area contributed by atoms with Gasteiger partial charge >= 0.3 is 0 Å². The molecule has 118 valence electrons. The van der Waals surface area contributed by atoms with E-state index in [2.05, 4.69) is 0 Å². The van der Waals surface area contributed by atoms with Crippen molar-refractivity contribution in [1.82, 2.24) is 4.31 Å². The van der Waals surface area contributed by atoms with Crippen LogP contribution >= 0.6 is 0 Å². The molecule has 0 amide bonds. The Bertz CT molecular complexity index is 600. The summed E-state index contributed by atoms with van der Waals surface area (Å²) in [4.78, 5) is -0.125. The van der Waals surface area contributed by atoms with Crippen LogP contribution in [0.2, 0.25) is 0 Å². The summed E-state index contributed by atoms with van der Waals surface area (Å²) in [6, 6.07) is 2.22. The number of anilines is 1. The van der Waals surface area contributed by atoms with Gasteiger partial charge in [-0.15, -0.1) is 0 Å². The summed E-state index contributed by atoms with van der Waals surface area (Å²) >= 11 is 0. The molecule has 1 aliphatic rings. The van der Waals surface area contributed by atoms with Crippen molar-refractivity contribution in [3.05, 3.63) is 17.9 Å². The lowest BCUT2D eigenvalue weighted by Gasteiger charge is -2.34. The van der Waals surface area contributed by atoms with Gasteiger partial charge in [-0.25, -0.2) is 12.8 Å². The second kappa shape index (κ2) is 5.81. The number of hydrogen-bond acceptors (Lipinski definition) is 4. The van der Waals surface area contributed by atoms with Crippen molar-refractivity contribution in [3.8, 4) is 5.75 Å². The number of sulfonamides is 1. The van der Waals surface area contributed by atoms with Crippen LogP contribution in [0.3, 0.4) is 0 Å². The van der Waals surface area contributed by atoms with Gasteiger partial charge < -0.3 is 10.5 Å². The van der Waals surface area contributed by atoms with Gasteiger partial charge in [0.15, 0.2) is 11.6 Å². The number of nitrogens with zero attached hydrogens (tertiary/aromatic N) is 1. The molecule has 0 spiro atoms. The fourth-order valence-corrected chi connectivity index (χ4v) is 4.63. The summed E-state index contributed by atoms with van der Waals surface area (Å²) in [5.41, 5.74) is 5.65. The number of rotatable bonds is 3. The van der Waals surface area contributed by atoms with Crippen molar-refractivity contribution in [2.24, 2.45) is 11.8 Å². The predicted octanol–water partition coefficient (Wildman–Crippen LogP) is 2.08. The van der Waals surface area contributed by atoms with E-state index in [1.54, 1.807) is 0 Å². The Balaban J connectivity index is 2.40. The van der Waals surface area contributed by atoms with Crippen LogP contribution in [0.5, 0.6) is 5.75 Å². The summed E-state index contributed by atoms with van der Waals surface area (Å²) < 4.78 is 45.4. The maximum absolute atomic E-state index is 13.9. The highest BCUT2D eigenvalue weighted by atomic mass is 32.2. The first kappa shape index (κ1) is 16.0. The van der Waals surface area contributed by atoms with Crippen molar-refractivity contribution in [2.75, 3.05) is 25.9 Å². The summed E-state index contributed by atoms with van der Waals surface area (Å²) in [6.45, 7) is 4.92. The molecule has 2 rings (SSSR count). The van der Waals surface area contributed by atoms with Crippen molar-refractivity contribution in [3.63, 3.8) is 0 Å². The van der Waals surface area contributed by atoms with Crippen LogP contribution in [-0.2, 0) is 10.0 Å². The molecule has 1 fully saturated rings. The highest BCUT2D eigenvalue weighted by Gasteiger charge is 2.32. The lowest BCUT2D eigenvalue weighted by molar-refractivity contribution is 0.222. The Labute approximate surface area is 124 Å². The number of piperidine rings is 1.